The first-order valence-electron chi connectivity index (χ1n) is 8.67. The Morgan fingerprint density at radius 3 is 2.57 bits per heavy atom. The highest BCUT2D eigenvalue weighted by Gasteiger charge is 2.14. The quantitative estimate of drug-likeness (QED) is 0.741. The van der Waals surface area contributed by atoms with Crippen LogP contribution in [0.5, 0.6) is 0 Å². The minimum Gasteiger partial charge on any atom is -0.352 e. The molecule has 0 radical (unpaired) electrons. The second kappa shape index (κ2) is 9.91. The van der Waals surface area contributed by atoms with Crippen LogP contribution in [-0.2, 0) is 0 Å². The predicted octanol–water partition coefficient (Wildman–Crippen LogP) is 2.88. The summed E-state index contributed by atoms with van der Waals surface area (Å²) in [4.78, 5) is 17.0. The van der Waals surface area contributed by atoms with Crippen molar-refractivity contribution in [1.82, 2.24) is 15.1 Å². The third kappa shape index (κ3) is 6.50. The van der Waals surface area contributed by atoms with Gasteiger partial charge in [0, 0.05) is 43.3 Å². The molecule has 1 aromatic rings. The van der Waals surface area contributed by atoms with Gasteiger partial charge in [0.15, 0.2) is 0 Å². The van der Waals surface area contributed by atoms with E-state index in [0.717, 1.165) is 19.4 Å². The molecule has 1 heterocycles. The second-order valence-corrected chi connectivity index (χ2v) is 6.54. The summed E-state index contributed by atoms with van der Waals surface area (Å²) in [6.07, 6.45) is 3.39. The molecule has 0 aliphatic carbocycles. The largest absolute Gasteiger partial charge is 0.352 e. The summed E-state index contributed by atoms with van der Waals surface area (Å²) in [7, 11) is 0. The molecule has 0 saturated carbocycles. The van der Waals surface area contributed by atoms with Crippen LogP contribution in [0.2, 0.25) is 5.02 Å². The lowest BCUT2D eigenvalue weighted by Gasteiger charge is -2.33. The molecule has 0 spiro atoms. The lowest BCUT2D eigenvalue weighted by Crippen LogP contribution is -2.46. The predicted molar refractivity (Wildman–Crippen MR) is 96.2 cm³/mol. The van der Waals surface area contributed by atoms with Crippen molar-refractivity contribution in [1.29, 1.82) is 0 Å². The monoisotopic (exact) mass is 337 g/mol. The molecule has 0 aromatic heterocycles. The molecular formula is C18H28ClN3O. The summed E-state index contributed by atoms with van der Waals surface area (Å²) >= 11 is 5.90. The van der Waals surface area contributed by atoms with Gasteiger partial charge in [0.25, 0.3) is 5.91 Å². The minimum atomic E-state index is -0.0387. The van der Waals surface area contributed by atoms with Gasteiger partial charge in [-0.15, -0.1) is 0 Å². The van der Waals surface area contributed by atoms with Crippen molar-refractivity contribution in [2.75, 3.05) is 45.8 Å². The highest BCUT2D eigenvalue weighted by atomic mass is 35.5. The van der Waals surface area contributed by atoms with Crippen LogP contribution in [0.3, 0.4) is 0 Å². The summed E-state index contributed by atoms with van der Waals surface area (Å²) in [5.41, 5.74) is 0.631. The number of carbonyl (C=O) groups is 1. The van der Waals surface area contributed by atoms with E-state index in [1.165, 1.54) is 45.7 Å². The lowest BCUT2D eigenvalue weighted by atomic mass is 10.2. The first-order chi connectivity index (χ1) is 11.2. The Hall–Kier alpha value is -1.10. The van der Waals surface area contributed by atoms with E-state index in [9.17, 15) is 4.79 Å². The molecular weight excluding hydrogens is 310 g/mol. The van der Waals surface area contributed by atoms with Crippen molar-refractivity contribution >= 4 is 17.5 Å². The molecule has 5 heteroatoms. The van der Waals surface area contributed by atoms with E-state index in [4.69, 9.17) is 11.6 Å². The van der Waals surface area contributed by atoms with Crippen LogP contribution in [-0.4, -0.2) is 61.5 Å². The number of carbonyl (C=O) groups excluding carboxylic acids is 1. The molecule has 1 aromatic carbocycles. The Morgan fingerprint density at radius 1 is 1.13 bits per heavy atom. The number of nitrogens with zero attached hydrogens (tertiary/aromatic N) is 2. The van der Waals surface area contributed by atoms with E-state index in [2.05, 4.69) is 22.0 Å². The van der Waals surface area contributed by atoms with Gasteiger partial charge >= 0.3 is 0 Å². The highest BCUT2D eigenvalue weighted by Crippen LogP contribution is 2.10. The van der Waals surface area contributed by atoms with Crippen molar-refractivity contribution in [2.45, 2.75) is 26.2 Å². The highest BCUT2D eigenvalue weighted by molar-refractivity contribution is 6.30. The van der Waals surface area contributed by atoms with Crippen molar-refractivity contribution in [3.63, 3.8) is 0 Å². The molecule has 23 heavy (non-hydrogen) atoms. The van der Waals surface area contributed by atoms with E-state index in [1.807, 2.05) is 0 Å². The molecule has 1 N–H and O–H groups in total. The topological polar surface area (TPSA) is 35.6 Å². The second-order valence-electron chi connectivity index (χ2n) is 6.10. The Labute approximate surface area is 144 Å². The molecule has 1 aliphatic heterocycles. The smallest absolute Gasteiger partial charge is 0.251 e. The first-order valence-corrected chi connectivity index (χ1v) is 9.05. The van der Waals surface area contributed by atoms with Crippen LogP contribution in [0.4, 0.5) is 0 Å². The zero-order chi connectivity index (χ0) is 16.5. The van der Waals surface area contributed by atoms with E-state index in [-0.39, 0.29) is 5.91 Å². The zero-order valence-corrected chi connectivity index (χ0v) is 14.8. The first kappa shape index (κ1) is 18.2. The van der Waals surface area contributed by atoms with E-state index >= 15 is 0 Å². The average Bonchev–Trinajstić information content (AvgIpc) is 2.58. The normalized spacial score (nSPS) is 16.4. The van der Waals surface area contributed by atoms with Gasteiger partial charge in [0.2, 0.25) is 0 Å². The number of rotatable bonds is 8. The van der Waals surface area contributed by atoms with Crippen molar-refractivity contribution < 1.29 is 4.79 Å². The van der Waals surface area contributed by atoms with Gasteiger partial charge in [-0.05, 0) is 44.1 Å². The van der Waals surface area contributed by atoms with Crippen LogP contribution in [0.25, 0.3) is 0 Å². The molecule has 0 atom stereocenters. The van der Waals surface area contributed by atoms with Gasteiger partial charge in [0.1, 0.15) is 0 Å². The lowest BCUT2D eigenvalue weighted by molar-refractivity contribution is 0.0952. The molecule has 1 amide bonds. The third-order valence-electron chi connectivity index (χ3n) is 4.44. The number of hydrogen-bond donors (Lipinski definition) is 1. The van der Waals surface area contributed by atoms with Crippen LogP contribution in [0.1, 0.15) is 36.5 Å². The Morgan fingerprint density at radius 2 is 1.87 bits per heavy atom. The number of nitrogens with one attached hydrogen (secondary N) is 1. The molecule has 4 nitrogen and oxygen atoms in total. The number of likely N-dealkylation sites (N-methyl/N-ethyl adjacent to an activating group) is 1. The Kier molecular flexibility index (Phi) is 7.86. The number of unbranched alkanes of at least 4 members (excludes halogenated alkanes) is 2. The summed E-state index contributed by atoms with van der Waals surface area (Å²) < 4.78 is 0. The van der Waals surface area contributed by atoms with Gasteiger partial charge in [-0.25, -0.2) is 0 Å². The fourth-order valence-corrected chi connectivity index (χ4v) is 3.09. The summed E-state index contributed by atoms with van der Waals surface area (Å²) in [5.74, 6) is -0.0387. The zero-order valence-electron chi connectivity index (χ0n) is 14.1. The molecule has 1 aliphatic rings. The standard InChI is InChI=1S/C18H28ClN3O/c1-2-21-11-13-22(14-12-21)10-5-3-4-9-20-18(23)16-7-6-8-17(19)15-16/h6-8,15H,2-5,9-14H2,1H3,(H,20,23). The number of hydrogen-bond acceptors (Lipinski definition) is 3. The number of piperazine rings is 1. The fourth-order valence-electron chi connectivity index (χ4n) is 2.90. The summed E-state index contributed by atoms with van der Waals surface area (Å²) in [5, 5.41) is 3.56. The van der Waals surface area contributed by atoms with Crippen LogP contribution >= 0.6 is 11.6 Å². The molecule has 1 fully saturated rings. The minimum absolute atomic E-state index is 0.0387. The van der Waals surface area contributed by atoms with E-state index in [1.54, 1.807) is 24.3 Å². The van der Waals surface area contributed by atoms with Crippen LogP contribution < -0.4 is 5.32 Å². The summed E-state index contributed by atoms with van der Waals surface area (Å²) in [6, 6.07) is 7.07. The maximum atomic E-state index is 12.0. The Bertz CT molecular complexity index is 487. The van der Waals surface area contributed by atoms with Crippen LogP contribution in [0.15, 0.2) is 24.3 Å². The molecule has 0 unspecified atom stereocenters. The fraction of sp³-hybridized carbons (Fsp3) is 0.611. The number of halogens is 1. The van der Waals surface area contributed by atoms with Gasteiger partial charge < -0.3 is 15.1 Å². The van der Waals surface area contributed by atoms with Crippen LogP contribution in [0, 0.1) is 0 Å². The maximum Gasteiger partial charge on any atom is 0.251 e. The van der Waals surface area contributed by atoms with Gasteiger partial charge in [-0.3, -0.25) is 4.79 Å². The average molecular weight is 338 g/mol. The molecule has 2 rings (SSSR count). The SMILES string of the molecule is CCN1CCN(CCCCCNC(=O)c2cccc(Cl)c2)CC1. The van der Waals surface area contributed by atoms with Crippen molar-refractivity contribution in [3.05, 3.63) is 34.9 Å². The molecule has 128 valence electrons. The maximum absolute atomic E-state index is 12.0. The third-order valence-corrected chi connectivity index (χ3v) is 4.67. The molecule has 0 bridgehead atoms. The van der Waals surface area contributed by atoms with Crippen molar-refractivity contribution in [3.8, 4) is 0 Å². The number of amides is 1. The van der Waals surface area contributed by atoms with Gasteiger partial charge in [-0.2, -0.15) is 0 Å². The summed E-state index contributed by atoms with van der Waals surface area (Å²) in [6.45, 7) is 10.1. The van der Waals surface area contributed by atoms with Crippen molar-refractivity contribution in [2.24, 2.45) is 0 Å². The van der Waals surface area contributed by atoms with E-state index in [0.29, 0.717) is 10.6 Å². The molecule has 1 saturated heterocycles. The van der Waals surface area contributed by atoms with Gasteiger partial charge in [0.05, 0.1) is 0 Å². The van der Waals surface area contributed by atoms with Gasteiger partial charge in [-0.1, -0.05) is 31.0 Å². The number of benzene rings is 1. The Balaban J connectivity index is 1.52. The van der Waals surface area contributed by atoms with E-state index < -0.39 is 0 Å².